The maximum atomic E-state index is 12.2. The lowest BCUT2D eigenvalue weighted by molar-refractivity contribution is -0.118. The number of rotatable bonds is 6. The molecule has 0 fully saturated rings. The average molecular weight is 388 g/mol. The fourth-order valence-corrected chi connectivity index (χ4v) is 3.63. The van der Waals surface area contributed by atoms with Crippen molar-refractivity contribution in [2.45, 2.75) is 0 Å². The molecule has 4 rings (SSSR count). The van der Waals surface area contributed by atoms with Gasteiger partial charge in [-0.3, -0.25) is 14.9 Å². The van der Waals surface area contributed by atoms with E-state index in [0.29, 0.717) is 16.4 Å². The molecule has 1 amide bonds. The normalized spacial score (nSPS) is 10.6. The van der Waals surface area contributed by atoms with Gasteiger partial charge in [-0.25, -0.2) is 4.98 Å². The third kappa shape index (κ3) is 3.77. The molecular formula is C22H16N2O3S. The van der Waals surface area contributed by atoms with Crippen molar-refractivity contribution in [1.29, 1.82) is 0 Å². The summed E-state index contributed by atoms with van der Waals surface area (Å²) in [5.41, 5.74) is 2.23. The number of ether oxygens (including phenoxy) is 1. The molecule has 138 valence electrons. The van der Waals surface area contributed by atoms with Crippen LogP contribution in [0.25, 0.3) is 22.0 Å². The second-order valence-electron chi connectivity index (χ2n) is 6.06. The summed E-state index contributed by atoms with van der Waals surface area (Å²) >= 11 is 1.35. The summed E-state index contributed by atoms with van der Waals surface area (Å²) in [5, 5.41) is 6.86. The fraction of sp³-hybridized carbons (Fsp3) is 0.0455. The lowest BCUT2D eigenvalue weighted by Crippen LogP contribution is -2.20. The number of anilines is 1. The molecule has 0 bridgehead atoms. The maximum absolute atomic E-state index is 12.2. The standard InChI is InChI=1S/C22H16N2O3S/c25-12-18-17-9-5-4-6-15(17)10-11-20(18)27-13-21(26)24-22-23-19(14-28-22)16-7-2-1-3-8-16/h1-12,14H,13H2,(H,23,24,26). The Labute approximate surface area is 165 Å². The van der Waals surface area contributed by atoms with Crippen LogP contribution in [0.1, 0.15) is 10.4 Å². The predicted molar refractivity (Wildman–Crippen MR) is 111 cm³/mol. The molecule has 0 atom stereocenters. The Morgan fingerprint density at radius 3 is 2.64 bits per heavy atom. The van der Waals surface area contributed by atoms with Gasteiger partial charge in [-0.1, -0.05) is 60.7 Å². The van der Waals surface area contributed by atoms with Gasteiger partial charge in [0.25, 0.3) is 5.91 Å². The van der Waals surface area contributed by atoms with Crippen LogP contribution in [0.5, 0.6) is 5.75 Å². The molecule has 28 heavy (non-hydrogen) atoms. The minimum Gasteiger partial charge on any atom is -0.483 e. The number of aromatic nitrogens is 1. The van der Waals surface area contributed by atoms with E-state index in [0.717, 1.165) is 28.3 Å². The highest BCUT2D eigenvalue weighted by Crippen LogP contribution is 2.27. The smallest absolute Gasteiger partial charge is 0.264 e. The maximum Gasteiger partial charge on any atom is 0.264 e. The summed E-state index contributed by atoms with van der Waals surface area (Å²) in [4.78, 5) is 28.2. The average Bonchev–Trinajstić information content (AvgIpc) is 3.20. The van der Waals surface area contributed by atoms with Gasteiger partial charge in [0.05, 0.1) is 11.3 Å². The zero-order valence-electron chi connectivity index (χ0n) is 14.8. The topological polar surface area (TPSA) is 68.3 Å². The van der Waals surface area contributed by atoms with E-state index >= 15 is 0 Å². The summed E-state index contributed by atoms with van der Waals surface area (Å²) in [6.45, 7) is -0.209. The molecule has 3 aromatic carbocycles. The molecule has 1 heterocycles. The molecule has 1 N–H and O–H groups in total. The highest BCUT2D eigenvalue weighted by atomic mass is 32.1. The number of hydrogen-bond acceptors (Lipinski definition) is 5. The number of fused-ring (bicyclic) bond motifs is 1. The Balaban J connectivity index is 1.43. The summed E-state index contributed by atoms with van der Waals surface area (Å²) in [5.74, 6) is 0.0481. The number of nitrogens with zero attached hydrogens (tertiary/aromatic N) is 1. The number of amides is 1. The molecule has 0 saturated heterocycles. The van der Waals surface area contributed by atoms with Gasteiger partial charge in [-0.05, 0) is 16.8 Å². The van der Waals surface area contributed by atoms with Crippen molar-refractivity contribution in [1.82, 2.24) is 4.98 Å². The number of nitrogens with one attached hydrogen (secondary N) is 1. The van der Waals surface area contributed by atoms with E-state index in [1.807, 2.05) is 66.0 Å². The molecule has 0 aliphatic rings. The van der Waals surface area contributed by atoms with E-state index in [4.69, 9.17) is 4.74 Å². The molecule has 0 unspecified atom stereocenters. The number of hydrogen-bond donors (Lipinski definition) is 1. The van der Waals surface area contributed by atoms with Gasteiger partial charge < -0.3 is 4.74 Å². The van der Waals surface area contributed by atoms with Crippen LogP contribution in [0.2, 0.25) is 0 Å². The predicted octanol–water partition coefficient (Wildman–Crippen LogP) is 4.79. The van der Waals surface area contributed by atoms with Crippen molar-refractivity contribution < 1.29 is 14.3 Å². The molecule has 0 spiro atoms. The van der Waals surface area contributed by atoms with E-state index in [-0.39, 0.29) is 12.5 Å². The molecule has 5 nitrogen and oxygen atoms in total. The quantitative estimate of drug-likeness (QED) is 0.482. The van der Waals surface area contributed by atoms with Crippen LogP contribution in [0, 0.1) is 0 Å². The van der Waals surface area contributed by atoms with Crippen LogP contribution < -0.4 is 10.1 Å². The minimum absolute atomic E-state index is 0.209. The van der Waals surface area contributed by atoms with Crippen molar-refractivity contribution in [2.24, 2.45) is 0 Å². The van der Waals surface area contributed by atoms with Crippen molar-refractivity contribution in [3.8, 4) is 17.0 Å². The zero-order valence-corrected chi connectivity index (χ0v) is 15.6. The van der Waals surface area contributed by atoms with E-state index in [2.05, 4.69) is 10.3 Å². The lowest BCUT2D eigenvalue weighted by Gasteiger charge is -2.10. The monoisotopic (exact) mass is 388 g/mol. The Kier molecular flexibility index (Phi) is 5.12. The molecular weight excluding hydrogens is 372 g/mol. The van der Waals surface area contributed by atoms with Gasteiger partial charge in [0.15, 0.2) is 18.0 Å². The van der Waals surface area contributed by atoms with E-state index in [1.54, 1.807) is 6.07 Å². The summed E-state index contributed by atoms with van der Waals surface area (Å²) < 4.78 is 5.60. The zero-order chi connectivity index (χ0) is 19.3. The van der Waals surface area contributed by atoms with Gasteiger partial charge in [-0.15, -0.1) is 11.3 Å². The molecule has 1 aromatic heterocycles. The minimum atomic E-state index is -0.334. The van der Waals surface area contributed by atoms with Gasteiger partial charge in [0.2, 0.25) is 0 Å². The molecule has 0 saturated carbocycles. The summed E-state index contributed by atoms with van der Waals surface area (Å²) in [6, 6.07) is 20.9. The number of aldehydes is 1. The SMILES string of the molecule is O=Cc1c(OCC(=O)Nc2nc(-c3ccccc3)cs2)ccc2ccccc12. The number of carbonyl (C=O) groups excluding carboxylic acids is 2. The van der Waals surface area contributed by atoms with Crippen LogP contribution in [-0.4, -0.2) is 23.8 Å². The summed E-state index contributed by atoms with van der Waals surface area (Å²) in [7, 11) is 0. The third-order valence-corrected chi connectivity index (χ3v) is 4.99. The van der Waals surface area contributed by atoms with Crippen LogP contribution in [0.3, 0.4) is 0 Å². The molecule has 6 heteroatoms. The Morgan fingerprint density at radius 1 is 1.04 bits per heavy atom. The fourth-order valence-electron chi connectivity index (χ4n) is 2.89. The van der Waals surface area contributed by atoms with Crippen LogP contribution in [-0.2, 0) is 4.79 Å². The lowest BCUT2D eigenvalue weighted by atomic mass is 10.0. The first-order chi connectivity index (χ1) is 13.7. The van der Waals surface area contributed by atoms with E-state index < -0.39 is 0 Å². The van der Waals surface area contributed by atoms with Crippen molar-refractivity contribution in [2.75, 3.05) is 11.9 Å². The van der Waals surface area contributed by atoms with Crippen molar-refractivity contribution in [3.63, 3.8) is 0 Å². The first kappa shape index (κ1) is 17.9. The third-order valence-electron chi connectivity index (χ3n) is 4.23. The molecule has 0 aliphatic heterocycles. The Hall–Kier alpha value is -3.51. The second kappa shape index (κ2) is 8.02. The van der Waals surface area contributed by atoms with Crippen LogP contribution in [0.15, 0.2) is 72.1 Å². The Bertz CT molecular complexity index is 1140. The van der Waals surface area contributed by atoms with Gasteiger partial charge in [0, 0.05) is 10.9 Å². The van der Waals surface area contributed by atoms with Gasteiger partial charge in [0.1, 0.15) is 5.75 Å². The van der Waals surface area contributed by atoms with Gasteiger partial charge in [-0.2, -0.15) is 0 Å². The van der Waals surface area contributed by atoms with Gasteiger partial charge >= 0.3 is 0 Å². The highest BCUT2D eigenvalue weighted by Gasteiger charge is 2.12. The summed E-state index contributed by atoms with van der Waals surface area (Å²) in [6.07, 6.45) is 0.753. The van der Waals surface area contributed by atoms with E-state index in [1.165, 1.54) is 11.3 Å². The van der Waals surface area contributed by atoms with Crippen LogP contribution >= 0.6 is 11.3 Å². The molecule has 0 aliphatic carbocycles. The number of carbonyl (C=O) groups is 2. The number of benzene rings is 3. The Morgan fingerprint density at radius 2 is 1.82 bits per heavy atom. The molecule has 4 aromatic rings. The number of thiazole rings is 1. The van der Waals surface area contributed by atoms with E-state index in [9.17, 15) is 9.59 Å². The van der Waals surface area contributed by atoms with Crippen molar-refractivity contribution in [3.05, 3.63) is 77.7 Å². The largest absolute Gasteiger partial charge is 0.483 e. The molecule has 0 radical (unpaired) electrons. The first-order valence-corrected chi connectivity index (χ1v) is 9.53. The highest BCUT2D eigenvalue weighted by molar-refractivity contribution is 7.14. The second-order valence-corrected chi connectivity index (χ2v) is 6.92. The first-order valence-electron chi connectivity index (χ1n) is 8.65. The van der Waals surface area contributed by atoms with Crippen LogP contribution in [0.4, 0.5) is 5.13 Å². The van der Waals surface area contributed by atoms with Crippen molar-refractivity contribution >= 4 is 39.4 Å².